The average molecular weight is 505 g/mol. The topological polar surface area (TPSA) is 140 Å². The van der Waals surface area contributed by atoms with E-state index in [1.807, 2.05) is 5.32 Å². The molecular formula is C23H19F4N5O4. The van der Waals surface area contributed by atoms with Crippen LogP contribution in [0.25, 0.3) is 11.3 Å². The monoisotopic (exact) mass is 505 g/mol. The van der Waals surface area contributed by atoms with Crippen LogP contribution in [0.4, 0.5) is 17.6 Å². The number of aromatic nitrogens is 3. The van der Waals surface area contributed by atoms with Crippen LogP contribution in [0.2, 0.25) is 0 Å². The molecule has 0 saturated heterocycles. The van der Waals surface area contributed by atoms with E-state index in [0.717, 1.165) is 24.4 Å². The third-order valence-corrected chi connectivity index (χ3v) is 5.98. The van der Waals surface area contributed by atoms with E-state index in [-0.39, 0.29) is 34.7 Å². The van der Waals surface area contributed by atoms with Crippen LogP contribution in [0.1, 0.15) is 28.5 Å². The van der Waals surface area contributed by atoms with Crippen molar-refractivity contribution in [3.63, 3.8) is 0 Å². The Balaban J connectivity index is 1.86. The molecule has 0 spiro atoms. The second-order valence-electron chi connectivity index (χ2n) is 8.40. The van der Waals surface area contributed by atoms with Crippen LogP contribution in [-0.4, -0.2) is 51.4 Å². The Morgan fingerprint density at radius 3 is 2.47 bits per heavy atom. The molecule has 1 aliphatic rings. The Morgan fingerprint density at radius 1 is 1.19 bits per heavy atom. The number of primary amides is 1. The van der Waals surface area contributed by atoms with Crippen molar-refractivity contribution in [2.24, 2.45) is 5.73 Å². The predicted molar refractivity (Wildman–Crippen MR) is 116 cm³/mol. The van der Waals surface area contributed by atoms with Crippen molar-refractivity contribution in [2.45, 2.75) is 24.1 Å². The van der Waals surface area contributed by atoms with Gasteiger partial charge in [-0.2, -0.15) is 23.4 Å². The van der Waals surface area contributed by atoms with Crippen LogP contribution in [0.15, 0.2) is 48.8 Å². The molecule has 0 radical (unpaired) electrons. The number of carbonyl (C=O) groups is 2. The zero-order valence-corrected chi connectivity index (χ0v) is 18.6. The summed E-state index contributed by atoms with van der Waals surface area (Å²) in [6, 6.07) is 6.76. The van der Waals surface area contributed by atoms with Gasteiger partial charge in [0.2, 0.25) is 11.5 Å². The number of alkyl halides is 3. The van der Waals surface area contributed by atoms with Crippen LogP contribution in [-0.2, 0) is 15.8 Å². The van der Waals surface area contributed by atoms with E-state index in [1.165, 1.54) is 31.3 Å². The number of amides is 2. The van der Waals surface area contributed by atoms with Crippen molar-refractivity contribution in [2.75, 3.05) is 13.2 Å². The third kappa shape index (κ3) is 4.21. The fourth-order valence-electron chi connectivity index (χ4n) is 3.67. The van der Waals surface area contributed by atoms with Gasteiger partial charge < -0.3 is 20.9 Å². The molecule has 2 atom stereocenters. The van der Waals surface area contributed by atoms with Crippen molar-refractivity contribution in [1.82, 2.24) is 20.5 Å². The molecule has 13 heteroatoms. The summed E-state index contributed by atoms with van der Waals surface area (Å²) in [4.78, 5) is 28.6. The number of fused-ring (bicyclic) bond motifs is 1. The van der Waals surface area contributed by atoms with Crippen LogP contribution < -0.4 is 15.8 Å². The fraction of sp³-hybridized carbons (Fsp3) is 0.261. The number of nitrogens with zero attached hydrogens (tertiary/aromatic N) is 3. The summed E-state index contributed by atoms with van der Waals surface area (Å²) in [5, 5.41) is 19.9. The largest absolute Gasteiger partial charge is 0.489 e. The molecule has 4 rings (SSSR count). The number of aliphatic hydroxyl groups is 1. The lowest BCUT2D eigenvalue weighted by molar-refractivity contribution is -0.265. The molecule has 2 aromatic heterocycles. The Bertz CT molecular complexity index is 1320. The van der Waals surface area contributed by atoms with E-state index in [1.54, 1.807) is 0 Å². The van der Waals surface area contributed by atoms with Crippen molar-refractivity contribution in [1.29, 1.82) is 0 Å². The van der Waals surface area contributed by atoms with E-state index < -0.39 is 47.1 Å². The average Bonchev–Trinajstić information content (AvgIpc) is 3.20. The minimum Gasteiger partial charge on any atom is -0.489 e. The number of ether oxygens (including phenoxy) is 1. The second-order valence-corrected chi connectivity index (χ2v) is 8.40. The quantitative estimate of drug-likeness (QED) is 0.435. The van der Waals surface area contributed by atoms with Gasteiger partial charge in [-0.25, -0.2) is 9.37 Å². The maximum atomic E-state index is 14.3. The first-order valence-electron chi connectivity index (χ1n) is 10.5. The predicted octanol–water partition coefficient (Wildman–Crippen LogP) is 1.99. The van der Waals surface area contributed by atoms with E-state index in [2.05, 4.69) is 15.2 Å². The van der Waals surface area contributed by atoms with Gasteiger partial charge in [-0.3, -0.25) is 9.59 Å². The summed E-state index contributed by atoms with van der Waals surface area (Å²) in [7, 11) is 0. The van der Waals surface area contributed by atoms with Gasteiger partial charge in [0.1, 0.15) is 29.3 Å². The Hall–Kier alpha value is -4.13. The second kappa shape index (κ2) is 8.82. The van der Waals surface area contributed by atoms with Gasteiger partial charge in [-0.1, -0.05) is 0 Å². The van der Waals surface area contributed by atoms with E-state index in [4.69, 9.17) is 10.5 Å². The van der Waals surface area contributed by atoms with Crippen LogP contribution in [0.3, 0.4) is 0 Å². The Morgan fingerprint density at radius 2 is 1.89 bits per heavy atom. The number of carbonyl (C=O) groups excluding carboxylic acids is 2. The minimum absolute atomic E-state index is 0.0249. The van der Waals surface area contributed by atoms with Gasteiger partial charge in [0.25, 0.3) is 5.91 Å². The number of hydrogen-bond acceptors (Lipinski definition) is 7. The number of rotatable bonds is 6. The first kappa shape index (κ1) is 25.0. The van der Waals surface area contributed by atoms with Crippen molar-refractivity contribution in [3.05, 3.63) is 71.4 Å². The lowest BCUT2D eigenvalue weighted by Gasteiger charge is -2.31. The molecule has 1 aliphatic heterocycles. The zero-order valence-electron chi connectivity index (χ0n) is 18.6. The SMILES string of the molecule is C[C@]1(C(N)=O)COc2c1cc([C@@](O)(CNC(=O)c1ccnnc1)C(F)(F)F)nc2-c1ccc(F)cc1. The molecule has 0 bridgehead atoms. The number of pyridine rings is 1. The molecule has 0 fully saturated rings. The molecule has 3 heterocycles. The van der Waals surface area contributed by atoms with Gasteiger partial charge in [0, 0.05) is 11.1 Å². The normalized spacial score (nSPS) is 18.6. The van der Waals surface area contributed by atoms with Crippen LogP contribution >= 0.6 is 0 Å². The molecule has 9 nitrogen and oxygen atoms in total. The van der Waals surface area contributed by atoms with Gasteiger partial charge in [0.15, 0.2) is 0 Å². The Kier molecular flexibility index (Phi) is 6.12. The molecule has 2 amide bonds. The molecule has 188 valence electrons. The lowest BCUT2D eigenvalue weighted by atomic mass is 9.81. The lowest BCUT2D eigenvalue weighted by Crippen LogP contribution is -2.51. The van der Waals surface area contributed by atoms with Gasteiger partial charge >= 0.3 is 6.18 Å². The van der Waals surface area contributed by atoms with Crippen molar-refractivity contribution < 1.29 is 37.0 Å². The summed E-state index contributed by atoms with van der Waals surface area (Å²) in [5.41, 5.74) is -0.745. The maximum absolute atomic E-state index is 14.3. The Labute approximate surface area is 201 Å². The number of hydrogen-bond donors (Lipinski definition) is 3. The number of halogens is 4. The summed E-state index contributed by atoms with van der Waals surface area (Å²) in [6.07, 6.45) is -3.11. The highest BCUT2D eigenvalue weighted by atomic mass is 19.4. The van der Waals surface area contributed by atoms with E-state index >= 15 is 0 Å². The molecule has 4 N–H and O–H groups in total. The molecule has 0 saturated carbocycles. The number of nitrogens with two attached hydrogens (primary N) is 1. The third-order valence-electron chi connectivity index (χ3n) is 5.98. The summed E-state index contributed by atoms with van der Waals surface area (Å²) >= 11 is 0. The minimum atomic E-state index is -5.32. The molecule has 1 aromatic carbocycles. The molecule has 3 aromatic rings. The van der Waals surface area contributed by atoms with E-state index in [0.29, 0.717) is 0 Å². The summed E-state index contributed by atoms with van der Waals surface area (Å²) in [6.45, 7) is -0.224. The number of nitrogens with one attached hydrogen (secondary N) is 1. The van der Waals surface area contributed by atoms with Gasteiger partial charge in [-0.05, 0) is 43.3 Å². The summed E-state index contributed by atoms with van der Waals surface area (Å²) in [5.74, 6) is -2.45. The van der Waals surface area contributed by atoms with Crippen LogP contribution in [0.5, 0.6) is 5.75 Å². The van der Waals surface area contributed by atoms with Gasteiger partial charge in [0.05, 0.1) is 30.2 Å². The molecule has 0 aliphatic carbocycles. The van der Waals surface area contributed by atoms with Crippen molar-refractivity contribution >= 4 is 11.8 Å². The zero-order chi connectivity index (χ0) is 26.3. The van der Waals surface area contributed by atoms with Gasteiger partial charge in [-0.15, -0.1) is 0 Å². The first-order valence-corrected chi connectivity index (χ1v) is 10.5. The highest BCUT2D eigenvalue weighted by Gasteiger charge is 2.57. The van der Waals surface area contributed by atoms with E-state index in [9.17, 15) is 32.3 Å². The van der Waals surface area contributed by atoms with Crippen LogP contribution in [0, 0.1) is 5.82 Å². The highest BCUT2D eigenvalue weighted by molar-refractivity contribution is 5.93. The standard InChI is InChI=1S/C23H19F4N5O4/c1-21(20(28)34)11-36-18-15(21)8-16(32-17(18)12-2-4-14(24)5-3-12)22(35,23(25,26)27)10-29-19(33)13-6-7-30-31-9-13/h2-9,35H,10-11H2,1H3,(H2,28,34)(H,29,33)/t21-,22-/m0/s1. The summed E-state index contributed by atoms with van der Waals surface area (Å²) < 4.78 is 62.0. The molecule has 36 heavy (non-hydrogen) atoms. The van der Waals surface area contributed by atoms with Crippen molar-refractivity contribution in [3.8, 4) is 17.0 Å². The first-order chi connectivity index (χ1) is 16.9. The number of benzene rings is 1. The highest BCUT2D eigenvalue weighted by Crippen LogP contribution is 2.47. The fourth-order valence-corrected chi connectivity index (χ4v) is 3.67. The molecular weight excluding hydrogens is 486 g/mol. The molecule has 0 unspecified atom stereocenters. The smallest absolute Gasteiger partial charge is 0.424 e. The maximum Gasteiger partial charge on any atom is 0.424 e.